The molecule has 0 fully saturated rings. The number of benzene rings is 3. The minimum Gasteiger partial charge on any atom is -0.424 e. The number of ether oxygens (including phenoxy) is 1. The summed E-state index contributed by atoms with van der Waals surface area (Å²) < 4.78 is 5.56. The van der Waals surface area contributed by atoms with Crippen molar-refractivity contribution in [3.8, 4) is 28.0 Å². The van der Waals surface area contributed by atoms with Crippen LogP contribution in [0.3, 0.4) is 0 Å². The van der Waals surface area contributed by atoms with Crippen molar-refractivity contribution in [3.05, 3.63) is 83.4 Å². The fourth-order valence-electron chi connectivity index (χ4n) is 3.59. The molecule has 1 atom stereocenters. The predicted octanol–water partition coefficient (Wildman–Crippen LogP) is 6.80. The number of esters is 1. The van der Waals surface area contributed by atoms with Gasteiger partial charge in [0.15, 0.2) is 5.75 Å². The highest BCUT2D eigenvalue weighted by Crippen LogP contribution is 2.42. The molecule has 4 rings (SSSR count). The van der Waals surface area contributed by atoms with E-state index in [1.807, 2.05) is 37.3 Å². The van der Waals surface area contributed by atoms with Crippen LogP contribution >= 0.6 is 11.6 Å². The first-order chi connectivity index (χ1) is 13.6. The van der Waals surface area contributed by atoms with Crippen molar-refractivity contribution in [2.45, 2.75) is 19.8 Å². The van der Waals surface area contributed by atoms with E-state index in [-0.39, 0.29) is 11.9 Å². The maximum absolute atomic E-state index is 12.1. The third kappa shape index (κ3) is 3.36. The van der Waals surface area contributed by atoms with Gasteiger partial charge in [-0.15, -0.1) is 0 Å². The van der Waals surface area contributed by atoms with E-state index < -0.39 is 0 Å². The predicted molar refractivity (Wildman–Crippen MR) is 116 cm³/mol. The van der Waals surface area contributed by atoms with Crippen molar-refractivity contribution in [3.63, 3.8) is 0 Å². The van der Waals surface area contributed by atoms with E-state index in [0.29, 0.717) is 17.2 Å². The molecule has 3 aromatic rings. The molecular weight excluding hydrogens is 368 g/mol. The van der Waals surface area contributed by atoms with Crippen molar-refractivity contribution in [2.75, 3.05) is 0 Å². The van der Waals surface area contributed by atoms with Crippen LogP contribution in [0.15, 0.2) is 67.2 Å². The molecule has 1 aliphatic heterocycles. The van der Waals surface area contributed by atoms with E-state index in [0.717, 1.165) is 39.8 Å². The number of carbonyl (C=O) groups excluding carboxylic acids is 1. The van der Waals surface area contributed by atoms with Gasteiger partial charge in [-0.25, -0.2) is 0 Å². The molecule has 0 aliphatic carbocycles. The molecule has 0 spiro atoms. The molecule has 3 heteroatoms. The Hall–Kier alpha value is -2.84. The molecule has 0 radical (unpaired) electrons. The Bertz CT molecular complexity index is 1030. The van der Waals surface area contributed by atoms with Crippen LogP contribution in [0.4, 0.5) is 0 Å². The second kappa shape index (κ2) is 7.65. The summed E-state index contributed by atoms with van der Waals surface area (Å²) in [6.07, 6.45) is 3.29. The maximum atomic E-state index is 12.1. The van der Waals surface area contributed by atoms with Gasteiger partial charge in [0, 0.05) is 5.56 Å². The summed E-state index contributed by atoms with van der Waals surface area (Å²) in [5, 5.41) is 0.503. The molecule has 0 amide bonds. The standard InChI is InChI=1S/C25H21ClO2/c1-3-16-5-7-18(8-6-16)19-9-11-20(12-10-19)22-14-13-21-15-17(4-2)25(27)28-24(21)23(22)26/h3,5-14,17H,1,4,15H2,2H3. The number of hydrogen-bond donors (Lipinski definition) is 0. The van der Waals surface area contributed by atoms with Crippen molar-refractivity contribution in [1.82, 2.24) is 0 Å². The zero-order valence-corrected chi connectivity index (χ0v) is 16.5. The Morgan fingerprint density at radius 2 is 1.61 bits per heavy atom. The van der Waals surface area contributed by atoms with E-state index >= 15 is 0 Å². The lowest BCUT2D eigenvalue weighted by Gasteiger charge is -2.24. The Kier molecular flexibility index (Phi) is 5.06. The lowest BCUT2D eigenvalue weighted by molar-refractivity contribution is -0.140. The van der Waals surface area contributed by atoms with Gasteiger partial charge >= 0.3 is 5.97 Å². The zero-order chi connectivity index (χ0) is 19.7. The Labute approximate surface area is 170 Å². The Morgan fingerprint density at radius 1 is 1.00 bits per heavy atom. The molecule has 0 N–H and O–H groups in total. The fourth-order valence-corrected chi connectivity index (χ4v) is 3.92. The molecule has 0 saturated carbocycles. The lowest BCUT2D eigenvalue weighted by atomic mass is 9.92. The molecule has 1 aliphatic rings. The summed E-state index contributed by atoms with van der Waals surface area (Å²) in [6, 6.07) is 20.6. The first-order valence-electron chi connectivity index (χ1n) is 9.47. The average molecular weight is 389 g/mol. The highest BCUT2D eigenvalue weighted by atomic mass is 35.5. The van der Waals surface area contributed by atoms with Gasteiger partial charge in [-0.1, -0.05) is 91.8 Å². The third-order valence-electron chi connectivity index (χ3n) is 5.35. The summed E-state index contributed by atoms with van der Waals surface area (Å²) in [5.41, 5.74) is 6.24. The van der Waals surface area contributed by atoms with Gasteiger partial charge in [0.25, 0.3) is 0 Å². The first kappa shape index (κ1) is 18.5. The average Bonchev–Trinajstić information content (AvgIpc) is 2.74. The van der Waals surface area contributed by atoms with Crippen molar-refractivity contribution in [2.24, 2.45) is 5.92 Å². The van der Waals surface area contributed by atoms with Gasteiger partial charge in [-0.05, 0) is 40.7 Å². The van der Waals surface area contributed by atoms with Crippen LogP contribution in [0.5, 0.6) is 5.75 Å². The quantitative estimate of drug-likeness (QED) is 0.362. The van der Waals surface area contributed by atoms with Crippen molar-refractivity contribution in [1.29, 1.82) is 0 Å². The second-order valence-corrected chi connectivity index (χ2v) is 7.43. The first-order valence-corrected chi connectivity index (χ1v) is 9.85. The van der Waals surface area contributed by atoms with Crippen molar-refractivity contribution >= 4 is 23.6 Å². The number of fused-ring (bicyclic) bond motifs is 1. The van der Waals surface area contributed by atoms with Crippen molar-refractivity contribution < 1.29 is 9.53 Å². The van der Waals surface area contributed by atoms with E-state index in [2.05, 4.69) is 43.0 Å². The summed E-state index contributed by atoms with van der Waals surface area (Å²) in [6.45, 7) is 5.79. The second-order valence-electron chi connectivity index (χ2n) is 7.05. The number of rotatable bonds is 4. The normalized spacial score (nSPS) is 15.6. The summed E-state index contributed by atoms with van der Waals surface area (Å²) in [7, 11) is 0. The minimum absolute atomic E-state index is 0.0822. The summed E-state index contributed by atoms with van der Waals surface area (Å²) in [4.78, 5) is 12.1. The summed E-state index contributed by atoms with van der Waals surface area (Å²) >= 11 is 6.62. The van der Waals surface area contributed by atoms with Crippen LogP contribution in [0, 0.1) is 5.92 Å². The molecule has 1 heterocycles. The molecule has 0 aromatic heterocycles. The van der Waals surface area contributed by atoms with Gasteiger partial charge in [0.1, 0.15) is 0 Å². The zero-order valence-electron chi connectivity index (χ0n) is 15.7. The molecule has 140 valence electrons. The Balaban J connectivity index is 1.65. The molecule has 0 saturated heterocycles. The highest BCUT2D eigenvalue weighted by Gasteiger charge is 2.29. The Morgan fingerprint density at radius 3 is 2.21 bits per heavy atom. The van der Waals surface area contributed by atoms with Gasteiger partial charge < -0.3 is 4.74 Å². The van der Waals surface area contributed by atoms with Crippen LogP contribution < -0.4 is 4.74 Å². The van der Waals surface area contributed by atoms with Crippen LogP contribution in [0.25, 0.3) is 28.3 Å². The van der Waals surface area contributed by atoms with Crippen LogP contribution in [-0.2, 0) is 11.2 Å². The van der Waals surface area contributed by atoms with E-state index in [4.69, 9.17) is 16.3 Å². The molecule has 0 bridgehead atoms. The smallest absolute Gasteiger partial charge is 0.314 e. The van der Waals surface area contributed by atoms with E-state index in [1.165, 1.54) is 0 Å². The molecular formula is C25H21ClO2. The topological polar surface area (TPSA) is 26.3 Å². The van der Waals surface area contributed by atoms with Gasteiger partial charge in [-0.3, -0.25) is 4.79 Å². The SMILES string of the molecule is C=Cc1ccc(-c2ccc(-c3ccc4c(c3Cl)OC(=O)C(CC)C4)cc2)cc1. The number of halogens is 1. The van der Waals surface area contributed by atoms with Gasteiger partial charge in [0.05, 0.1) is 10.9 Å². The van der Waals surface area contributed by atoms with Crippen LogP contribution in [0.2, 0.25) is 5.02 Å². The molecule has 1 unspecified atom stereocenters. The third-order valence-corrected chi connectivity index (χ3v) is 5.72. The minimum atomic E-state index is -0.188. The van der Waals surface area contributed by atoms with Crippen LogP contribution in [-0.4, -0.2) is 5.97 Å². The molecule has 2 nitrogen and oxygen atoms in total. The fraction of sp³-hybridized carbons (Fsp3) is 0.160. The highest BCUT2D eigenvalue weighted by molar-refractivity contribution is 6.35. The largest absolute Gasteiger partial charge is 0.424 e. The van der Waals surface area contributed by atoms with Gasteiger partial charge in [-0.2, -0.15) is 0 Å². The number of hydrogen-bond acceptors (Lipinski definition) is 2. The molecule has 28 heavy (non-hydrogen) atoms. The van der Waals surface area contributed by atoms with Gasteiger partial charge in [0.2, 0.25) is 0 Å². The summed E-state index contributed by atoms with van der Waals surface area (Å²) in [5.74, 6) is 0.242. The van der Waals surface area contributed by atoms with E-state index in [1.54, 1.807) is 0 Å². The monoisotopic (exact) mass is 388 g/mol. The van der Waals surface area contributed by atoms with E-state index in [9.17, 15) is 4.79 Å². The number of carbonyl (C=O) groups is 1. The van der Waals surface area contributed by atoms with Crippen LogP contribution in [0.1, 0.15) is 24.5 Å². The lowest BCUT2D eigenvalue weighted by Crippen LogP contribution is -2.27. The maximum Gasteiger partial charge on any atom is 0.314 e. The molecule has 3 aromatic carbocycles.